The highest BCUT2D eigenvalue weighted by Gasteiger charge is 2.32. The third-order valence-corrected chi connectivity index (χ3v) is 6.22. The Kier molecular flexibility index (Phi) is 3.16. The summed E-state index contributed by atoms with van der Waals surface area (Å²) < 4.78 is 41.3. The van der Waals surface area contributed by atoms with Gasteiger partial charge in [0.25, 0.3) is 0 Å². The number of benzene rings is 3. The van der Waals surface area contributed by atoms with E-state index in [2.05, 4.69) is 0 Å². The number of halogens is 3. The molecule has 0 nitrogen and oxygen atoms in total. The first-order chi connectivity index (χ1) is 11.1. The van der Waals surface area contributed by atoms with Gasteiger partial charge in [0.05, 0.1) is 5.56 Å². The molecule has 0 aliphatic rings. The van der Waals surface area contributed by atoms with Crippen molar-refractivity contribution in [3.8, 4) is 4.90 Å². The molecule has 0 aliphatic carbocycles. The number of fused-ring (bicyclic) bond motifs is 3. The van der Waals surface area contributed by atoms with Crippen molar-refractivity contribution in [2.75, 3.05) is 0 Å². The smallest absolute Gasteiger partial charge is 0.166 e. The monoisotopic (exact) mass is 329 g/mol. The first-order valence-electron chi connectivity index (χ1n) is 7.16. The molecule has 0 saturated carbocycles. The second-order valence-corrected chi connectivity index (χ2v) is 7.29. The molecule has 4 heteroatoms. The third kappa shape index (κ3) is 2.30. The Labute approximate surface area is 133 Å². The van der Waals surface area contributed by atoms with Gasteiger partial charge < -0.3 is 0 Å². The third-order valence-electron chi connectivity index (χ3n) is 3.90. The molecule has 0 N–H and O–H groups in total. The van der Waals surface area contributed by atoms with Crippen LogP contribution in [-0.4, -0.2) is 0 Å². The fourth-order valence-electron chi connectivity index (χ4n) is 2.91. The molecule has 0 bridgehead atoms. The van der Waals surface area contributed by atoms with Crippen LogP contribution < -0.4 is 0 Å². The zero-order valence-corrected chi connectivity index (χ0v) is 12.8. The topological polar surface area (TPSA) is 0 Å². The Balaban J connectivity index is 2.09. The molecule has 0 atom stereocenters. The van der Waals surface area contributed by atoms with Crippen molar-refractivity contribution in [2.24, 2.45) is 0 Å². The highest BCUT2D eigenvalue weighted by molar-refractivity contribution is 7.50. The molecule has 1 heterocycles. The van der Waals surface area contributed by atoms with Crippen LogP contribution in [0.5, 0.6) is 0 Å². The molecule has 3 aromatic carbocycles. The van der Waals surface area contributed by atoms with E-state index in [4.69, 9.17) is 0 Å². The average molecular weight is 329 g/mol. The normalized spacial score (nSPS) is 12.1. The van der Waals surface area contributed by atoms with Crippen molar-refractivity contribution in [2.45, 2.75) is 6.18 Å². The van der Waals surface area contributed by atoms with Crippen LogP contribution in [0.3, 0.4) is 0 Å². The van der Waals surface area contributed by atoms with Gasteiger partial charge in [0.2, 0.25) is 0 Å². The van der Waals surface area contributed by atoms with E-state index in [9.17, 15) is 13.2 Å². The summed E-state index contributed by atoms with van der Waals surface area (Å²) in [6, 6.07) is 21.6. The SMILES string of the molecule is FC(F)(F)c1cccc(-[s+]2c3ccccc3c3ccccc32)c1. The number of hydrogen-bond donors (Lipinski definition) is 0. The van der Waals surface area contributed by atoms with Crippen LogP contribution in [0.4, 0.5) is 13.2 Å². The van der Waals surface area contributed by atoms with Crippen molar-refractivity contribution in [3.63, 3.8) is 0 Å². The quantitative estimate of drug-likeness (QED) is 0.339. The van der Waals surface area contributed by atoms with Crippen LogP contribution in [0.1, 0.15) is 5.56 Å². The lowest BCUT2D eigenvalue weighted by Gasteiger charge is -2.05. The van der Waals surface area contributed by atoms with Gasteiger partial charge in [-0.1, -0.05) is 30.3 Å². The molecule has 0 saturated heterocycles. The summed E-state index contributed by atoms with van der Waals surface area (Å²) in [5.74, 6) is 0. The lowest BCUT2D eigenvalue weighted by molar-refractivity contribution is -0.137. The van der Waals surface area contributed by atoms with Crippen molar-refractivity contribution >= 4 is 30.6 Å². The summed E-state index contributed by atoms with van der Waals surface area (Å²) in [6.45, 7) is 0. The molecule has 0 fully saturated rings. The molecule has 0 aliphatic heterocycles. The minimum absolute atomic E-state index is 0.486. The van der Waals surface area contributed by atoms with Crippen LogP contribution in [-0.2, 0) is 6.18 Å². The fraction of sp³-hybridized carbons (Fsp3) is 0.0526. The van der Waals surface area contributed by atoms with Crippen LogP contribution in [0, 0.1) is 0 Å². The molecule has 4 aromatic rings. The zero-order chi connectivity index (χ0) is 16.0. The first kappa shape index (κ1) is 14.3. The fourth-order valence-corrected chi connectivity index (χ4v) is 5.34. The van der Waals surface area contributed by atoms with Crippen LogP contribution >= 0.6 is 10.5 Å². The highest BCUT2D eigenvalue weighted by atomic mass is 32.2. The second kappa shape index (κ2) is 5.10. The molecule has 1 aromatic heterocycles. The Bertz CT molecular complexity index is 959. The van der Waals surface area contributed by atoms with E-state index in [1.54, 1.807) is 6.07 Å². The van der Waals surface area contributed by atoms with Crippen LogP contribution in [0.25, 0.3) is 25.1 Å². The molecule has 114 valence electrons. The largest absolute Gasteiger partial charge is 0.416 e. The molecule has 0 amide bonds. The summed E-state index contributed by atoms with van der Waals surface area (Å²) in [6.07, 6.45) is -4.32. The molecule has 23 heavy (non-hydrogen) atoms. The van der Waals surface area contributed by atoms with Crippen molar-refractivity contribution in [1.29, 1.82) is 0 Å². The summed E-state index contributed by atoms with van der Waals surface area (Å²) in [5.41, 5.74) is -0.593. The zero-order valence-electron chi connectivity index (χ0n) is 12.0. The van der Waals surface area contributed by atoms with E-state index in [1.165, 1.54) is 12.1 Å². The highest BCUT2D eigenvalue weighted by Crippen LogP contribution is 2.48. The minimum Gasteiger partial charge on any atom is -0.166 e. The number of thiophene rings is 1. The summed E-state index contributed by atoms with van der Waals surface area (Å²) in [5, 5.41) is 2.23. The number of alkyl halides is 3. The summed E-state index contributed by atoms with van der Waals surface area (Å²) in [4.78, 5) is 0.706. The summed E-state index contributed by atoms with van der Waals surface area (Å²) in [7, 11) is -0.486. The van der Waals surface area contributed by atoms with Gasteiger partial charge in [0, 0.05) is 27.3 Å². The Morgan fingerprint density at radius 2 is 1.22 bits per heavy atom. The van der Waals surface area contributed by atoms with Crippen molar-refractivity contribution < 1.29 is 13.2 Å². The second-order valence-electron chi connectivity index (χ2n) is 5.32. The van der Waals surface area contributed by atoms with E-state index >= 15 is 0 Å². The van der Waals surface area contributed by atoms with Crippen LogP contribution in [0.15, 0.2) is 72.8 Å². The van der Waals surface area contributed by atoms with Gasteiger partial charge in [-0.2, -0.15) is 13.2 Å². The van der Waals surface area contributed by atoms with Crippen molar-refractivity contribution in [1.82, 2.24) is 0 Å². The van der Waals surface area contributed by atoms with E-state index < -0.39 is 22.2 Å². The Morgan fingerprint density at radius 3 is 1.78 bits per heavy atom. The van der Waals surface area contributed by atoms with Crippen molar-refractivity contribution in [3.05, 3.63) is 78.4 Å². The lowest BCUT2D eigenvalue weighted by atomic mass is 10.2. The van der Waals surface area contributed by atoms with Gasteiger partial charge >= 0.3 is 6.18 Å². The molecular formula is C19H12F3S+. The van der Waals surface area contributed by atoms with Gasteiger partial charge in [-0.15, -0.1) is 0 Å². The lowest BCUT2D eigenvalue weighted by Crippen LogP contribution is -2.04. The van der Waals surface area contributed by atoms with Gasteiger partial charge in [-0.25, -0.2) is 0 Å². The van der Waals surface area contributed by atoms with E-state index in [0.29, 0.717) is 4.90 Å². The minimum atomic E-state index is -4.32. The molecule has 0 radical (unpaired) electrons. The van der Waals surface area contributed by atoms with Gasteiger partial charge in [-0.05, 0) is 36.4 Å². The first-order valence-corrected chi connectivity index (χ1v) is 8.38. The molecule has 0 unspecified atom stereocenters. The van der Waals surface area contributed by atoms with Gasteiger partial charge in [0.1, 0.15) is 0 Å². The number of rotatable bonds is 1. The van der Waals surface area contributed by atoms with E-state index in [1.807, 2.05) is 48.5 Å². The molecule has 0 spiro atoms. The molecule has 4 rings (SSSR count). The maximum Gasteiger partial charge on any atom is 0.416 e. The predicted octanol–water partition coefficient (Wildman–Crippen LogP) is 6.75. The Morgan fingerprint density at radius 1 is 0.652 bits per heavy atom. The van der Waals surface area contributed by atoms with Crippen LogP contribution in [0.2, 0.25) is 0 Å². The maximum absolute atomic E-state index is 13.0. The standard InChI is InChI=1S/C19H12F3S/c20-19(21,22)13-6-5-7-14(12-13)23-17-10-3-1-8-15(17)16-9-2-4-11-18(16)23/h1-12H/q+1. The predicted molar refractivity (Wildman–Crippen MR) is 90.3 cm³/mol. The average Bonchev–Trinajstić information content (AvgIpc) is 2.89. The van der Waals surface area contributed by atoms with E-state index in [0.717, 1.165) is 26.2 Å². The van der Waals surface area contributed by atoms with Gasteiger partial charge in [0.15, 0.2) is 14.3 Å². The van der Waals surface area contributed by atoms with Gasteiger partial charge in [-0.3, -0.25) is 0 Å². The molecular weight excluding hydrogens is 317 g/mol. The van der Waals surface area contributed by atoms with E-state index in [-0.39, 0.29) is 0 Å². The summed E-state index contributed by atoms with van der Waals surface area (Å²) >= 11 is 0. The number of hydrogen-bond acceptors (Lipinski definition) is 0. The Hall–Kier alpha value is -2.33. The maximum atomic E-state index is 13.0.